The fourth-order valence-corrected chi connectivity index (χ4v) is 2.36. The quantitative estimate of drug-likeness (QED) is 0.588. The fourth-order valence-electron chi connectivity index (χ4n) is 1.78. The highest BCUT2D eigenvalue weighted by molar-refractivity contribution is 7.98. The highest BCUT2D eigenvalue weighted by Gasteiger charge is 2.05. The van der Waals surface area contributed by atoms with Gasteiger partial charge >= 0.3 is 0 Å². The smallest absolute Gasteiger partial charge is 0.191 e. The molecule has 1 aromatic carbocycles. The Morgan fingerprint density at radius 3 is 2.52 bits per heavy atom. The number of anilines is 2. The second-order valence-electron chi connectivity index (χ2n) is 4.50. The number of thioether (sulfide) groups is 1. The third-order valence-electron chi connectivity index (χ3n) is 2.86. The van der Waals surface area contributed by atoms with Gasteiger partial charge in [0, 0.05) is 24.2 Å². The summed E-state index contributed by atoms with van der Waals surface area (Å²) in [6.45, 7) is 3.66. The van der Waals surface area contributed by atoms with Gasteiger partial charge in [0.05, 0.1) is 0 Å². The SMILES string of the molecule is CCCNc1cc(NCc2ccccc2Cl)nc(SC)n1. The van der Waals surface area contributed by atoms with Gasteiger partial charge in [-0.15, -0.1) is 0 Å². The Labute approximate surface area is 134 Å². The van der Waals surface area contributed by atoms with Crippen LogP contribution in [-0.2, 0) is 6.54 Å². The van der Waals surface area contributed by atoms with Crippen molar-refractivity contribution in [3.05, 3.63) is 40.9 Å². The summed E-state index contributed by atoms with van der Waals surface area (Å²) >= 11 is 7.69. The lowest BCUT2D eigenvalue weighted by Crippen LogP contribution is -2.07. The molecule has 4 nitrogen and oxygen atoms in total. The first-order chi connectivity index (χ1) is 10.2. The summed E-state index contributed by atoms with van der Waals surface area (Å²) in [5, 5.41) is 8.10. The lowest BCUT2D eigenvalue weighted by Gasteiger charge is -2.11. The van der Waals surface area contributed by atoms with E-state index in [9.17, 15) is 0 Å². The largest absolute Gasteiger partial charge is 0.370 e. The van der Waals surface area contributed by atoms with Crippen molar-refractivity contribution in [3.8, 4) is 0 Å². The molecule has 0 bridgehead atoms. The van der Waals surface area contributed by atoms with E-state index in [1.165, 1.54) is 11.8 Å². The van der Waals surface area contributed by atoms with E-state index < -0.39 is 0 Å². The molecule has 6 heteroatoms. The molecule has 0 radical (unpaired) electrons. The van der Waals surface area contributed by atoms with Gasteiger partial charge in [0.2, 0.25) is 0 Å². The highest BCUT2D eigenvalue weighted by atomic mass is 35.5. The van der Waals surface area contributed by atoms with Crippen molar-refractivity contribution < 1.29 is 0 Å². The standard InChI is InChI=1S/C15H19ClN4S/c1-3-8-17-13-9-14(20-15(19-13)21-2)18-10-11-6-4-5-7-12(11)16/h4-7,9H,3,8,10H2,1-2H3,(H2,17,18,19,20). The molecule has 0 saturated carbocycles. The van der Waals surface area contributed by atoms with Crippen LogP contribution in [0.15, 0.2) is 35.5 Å². The van der Waals surface area contributed by atoms with E-state index in [0.717, 1.165) is 40.3 Å². The van der Waals surface area contributed by atoms with Crippen molar-refractivity contribution in [2.24, 2.45) is 0 Å². The molecule has 1 heterocycles. The molecular formula is C15H19ClN4S. The maximum Gasteiger partial charge on any atom is 0.191 e. The highest BCUT2D eigenvalue weighted by Crippen LogP contribution is 2.20. The zero-order chi connectivity index (χ0) is 15.1. The number of hydrogen-bond acceptors (Lipinski definition) is 5. The van der Waals surface area contributed by atoms with E-state index in [4.69, 9.17) is 11.6 Å². The van der Waals surface area contributed by atoms with Crippen LogP contribution in [0.2, 0.25) is 5.02 Å². The van der Waals surface area contributed by atoms with Crippen molar-refractivity contribution >= 4 is 35.0 Å². The molecule has 0 amide bonds. The van der Waals surface area contributed by atoms with Crippen LogP contribution in [0.1, 0.15) is 18.9 Å². The first kappa shape index (κ1) is 15.9. The third-order valence-corrected chi connectivity index (χ3v) is 3.78. The number of halogens is 1. The molecule has 2 rings (SSSR count). The van der Waals surface area contributed by atoms with Crippen molar-refractivity contribution in [1.29, 1.82) is 0 Å². The van der Waals surface area contributed by atoms with Crippen molar-refractivity contribution in [1.82, 2.24) is 9.97 Å². The number of nitrogens with one attached hydrogen (secondary N) is 2. The molecule has 21 heavy (non-hydrogen) atoms. The van der Waals surface area contributed by atoms with Gasteiger partial charge in [-0.1, -0.05) is 48.5 Å². The predicted octanol–water partition coefficient (Wildman–Crippen LogP) is 4.29. The summed E-state index contributed by atoms with van der Waals surface area (Å²) in [6, 6.07) is 9.72. The Kier molecular flexibility index (Phi) is 6.14. The molecule has 1 aromatic heterocycles. The summed E-state index contributed by atoms with van der Waals surface area (Å²) in [7, 11) is 0. The molecule has 0 unspecified atom stereocenters. The molecule has 0 saturated heterocycles. The van der Waals surface area contributed by atoms with Gasteiger partial charge < -0.3 is 10.6 Å². The third kappa shape index (κ3) is 4.79. The second kappa shape index (κ2) is 8.10. The van der Waals surface area contributed by atoms with Crippen LogP contribution < -0.4 is 10.6 Å². The molecule has 0 aliphatic rings. The maximum atomic E-state index is 6.16. The Morgan fingerprint density at radius 1 is 1.14 bits per heavy atom. The molecule has 0 atom stereocenters. The van der Waals surface area contributed by atoms with Gasteiger partial charge in [0.25, 0.3) is 0 Å². The average molecular weight is 323 g/mol. The van der Waals surface area contributed by atoms with Crippen molar-refractivity contribution in [2.45, 2.75) is 25.0 Å². The Bertz CT molecular complexity index is 592. The molecule has 2 N–H and O–H groups in total. The van der Waals surface area contributed by atoms with Gasteiger partial charge in [-0.05, 0) is 24.3 Å². The lowest BCUT2D eigenvalue weighted by molar-refractivity contribution is 0.922. The van der Waals surface area contributed by atoms with Gasteiger partial charge in [0.1, 0.15) is 11.6 Å². The normalized spacial score (nSPS) is 10.4. The van der Waals surface area contributed by atoms with Gasteiger partial charge in [-0.2, -0.15) is 0 Å². The van der Waals surface area contributed by atoms with Gasteiger partial charge in [-0.25, -0.2) is 9.97 Å². The predicted molar refractivity (Wildman–Crippen MR) is 91.4 cm³/mol. The van der Waals surface area contributed by atoms with Crippen LogP contribution in [0.25, 0.3) is 0 Å². The van der Waals surface area contributed by atoms with Gasteiger partial charge in [0.15, 0.2) is 5.16 Å². The molecular weight excluding hydrogens is 304 g/mol. The van der Waals surface area contributed by atoms with Crippen LogP contribution in [0, 0.1) is 0 Å². The number of nitrogens with zero attached hydrogens (tertiary/aromatic N) is 2. The van der Waals surface area contributed by atoms with E-state index in [1.54, 1.807) is 0 Å². The molecule has 0 fully saturated rings. The van der Waals surface area contributed by atoms with Crippen LogP contribution in [0.4, 0.5) is 11.6 Å². The summed E-state index contributed by atoms with van der Waals surface area (Å²) in [5.74, 6) is 1.64. The molecule has 0 aliphatic carbocycles. The summed E-state index contributed by atoms with van der Waals surface area (Å²) in [4.78, 5) is 8.90. The zero-order valence-corrected chi connectivity index (χ0v) is 13.8. The molecule has 0 spiro atoms. The number of hydrogen-bond donors (Lipinski definition) is 2. The number of rotatable bonds is 7. The Morgan fingerprint density at radius 2 is 1.86 bits per heavy atom. The monoisotopic (exact) mass is 322 g/mol. The number of aromatic nitrogens is 2. The minimum Gasteiger partial charge on any atom is -0.370 e. The fraction of sp³-hybridized carbons (Fsp3) is 0.333. The Hall–Kier alpha value is -1.46. The van der Waals surface area contributed by atoms with E-state index in [-0.39, 0.29) is 0 Å². The topological polar surface area (TPSA) is 49.8 Å². The van der Waals surface area contributed by atoms with E-state index in [0.29, 0.717) is 6.54 Å². The van der Waals surface area contributed by atoms with Crippen LogP contribution in [0.3, 0.4) is 0 Å². The minimum atomic E-state index is 0.637. The summed E-state index contributed by atoms with van der Waals surface area (Å²) < 4.78 is 0. The number of benzene rings is 1. The zero-order valence-electron chi connectivity index (χ0n) is 12.2. The van der Waals surface area contributed by atoms with Crippen LogP contribution in [-0.4, -0.2) is 22.8 Å². The summed E-state index contributed by atoms with van der Waals surface area (Å²) in [6.07, 6.45) is 3.03. The average Bonchev–Trinajstić information content (AvgIpc) is 2.52. The van der Waals surface area contributed by atoms with E-state index >= 15 is 0 Å². The van der Waals surface area contributed by atoms with Crippen molar-refractivity contribution in [3.63, 3.8) is 0 Å². The Balaban J connectivity index is 2.09. The first-order valence-corrected chi connectivity index (χ1v) is 8.47. The maximum absolute atomic E-state index is 6.16. The van der Waals surface area contributed by atoms with E-state index in [1.807, 2.05) is 36.6 Å². The molecule has 2 aromatic rings. The summed E-state index contributed by atoms with van der Waals surface area (Å²) in [5.41, 5.74) is 1.05. The van der Waals surface area contributed by atoms with Gasteiger partial charge in [-0.3, -0.25) is 0 Å². The minimum absolute atomic E-state index is 0.637. The molecule has 112 valence electrons. The lowest BCUT2D eigenvalue weighted by atomic mass is 10.2. The van der Waals surface area contributed by atoms with Crippen molar-refractivity contribution in [2.75, 3.05) is 23.4 Å². The van der Waals surface area contributed by atoms with E-state index in [2.05, 4.69) is 27.5 Å². The van der Waals surface area contributed by atoms with Crippen LogP contribution >= 0.6 is 23.4 Å². The molecule has 0 aliphatic heterocycles. The first-order valence-electron chi connectivity index (χ1n) is 6.87. The van der Waals surface area contributed by atoms with Crippen LogP contribution in [0.5, 0.6) is 0 Å². The second-order valence-corrected chi connectivity index (χ2v) is 5.68.